The summed E-state index contributed by atoms with van der Waals surface area (Å²) in [4.78, 5) is 0. The third-order valence-corrected chi connectivity index (χ3v) is 2.21. The molecule has 1 nitrogen and oxygen atoms in total. The van der Waals surface area contributed by atoms with Crippen molar-refractivity contribution < 1.29 is 5.11 Å². The SMILES string of the molecule is Cc1ccc(CCC[C@H](C)O)cc1. The molecule has 0 heterocycles. The average Bonchev–Trinajstić information content (AvgIpc) is 2.08. The van der Waals surface area contributed by atoms with E-state index in [9.17, 15) is 0 Å². The van der Waals surface area contributed by atoms with Gasteiger partial charge in [-0.2, -0.15) is 0 Å². The minimum atomic E-state index is -0.162. The third-order valence-electron chi connectivity index (χ3n) is 2.21. The Morgan fingerprint density at radius 2 is 1.85 bits per heavy atom. The lowest BCUT2D eigenvalue weighted by Crippen LogP contribution is -1.99. The fourth-order valence-electron chi connectivity index (χ4n) is 1.36. The molecule has 1 aromatic rings. The highest BCUT2D eigenvalue weighted by atomic mass is 16.3. The second kappa shape index (κ2) is 5.03. The van der Waals surface area contributed by atoms with Crippen LogP contribution in [0.3, 0.4) is 0 Å². The molecular formula is C12H18O. The molecule has 1 atom stereocenters. The van der Waals surface area contributed by atoms with Gasteiger partial charge in [0.25, 0.3) is 0 Å². The number of aliphatic hydroxyl groups excluding tert-OH is 1. The van der Waals surface area contributed by atoms with E-state index >= 15 is 0 Å². The first kappa shape index (κ1) is 10.3. The molecule has 1 aromatic carbocycles. The van der Waals surface area contributed by atoms with Crippen molar-refractivity contribution in [1.82, 2.24) is 0 Å². The van der Waals surface area contributed by atoms with Gasteiger partial charge in [0.1, 0.15) is 0 Å². The Labute approximate surface area is 80.4 Å². The molecule has 1 N–H and O–H groups in total. The minimum Gasteiger partial charge on any atom is -0.393 e. The maximum Gasteiger partial charge on any atom is 0.0512 e. The molecule has 0 unspecified atom stereocenters. The standard InChI is InChI=1S/C12H18O/c1-10-6-8-12(9-7-10)5-3-4-11(2)13/h6-9,11,13H,3-5H2,1-2H3/t11-/m0/s1. The van der Waals surface area contributed by atoms with E-state index in [1.165, 1.54) is 11.1 Å². The normalized spacial score (nSPS) is 12.8. The molecule has 0 amide bonds. The van der Waals surface area contributed by atoms with Crippen LogP contribution >= 0.6 is 0 Å². The lowest BCUT2D eigenvalue weighted by molar-refractivity contribution is 0.182. The second-order valence-corrected chi connectivity index (χ2v) is 3.73. The number of aryl methyl sites for hydroxylation is 2. The quantitative estimate of drug-likeness (QED) is 0.751. The molecule has 13 heavy (non-hydrogen) atoms. The molecule has 0 aromatic heterocycles. The van der Waals surface area contributed by atoms with E-state index in [-0.39, 0.29) is 6.10 Å². The highest BCUT2D eigenvalue weighted by Gasteiger charge is 1.96. The summed E-state index contributed by atoms with van der Waals surface area (Å²) < 4.78 is 0. The Morgan fingerprint density at radius 1 is 1.23 bits per heavy atom. The molecular weight excluding hydrogens is 160 g/mol. The fourth-order valence-corrected chi connectivity index (χ4v) is 1.36. The molecule has 1 heteroatoms. The maximum atomic E-state index is 9.07. The molecule has 0 aliphatic rings. The van der Waals surface area contributed by atoms with Gasteiger partial charge in [-0.15, -0.1) is 0 Å². The molecule has 72 valence electrons. The van der Waals surface area contributed by atoms with E-state index in [1.807, 2.05) is 6.92 Å². The second-order valence-electron chi connectivity index (χ2n) is 3.73. The van der Waals surface area contributed by atoms with Crippen molar-refractivity contribution in [2.75, 3.05) is 0 Å². The molecule has 0 aliphatic heterocycles. The predicted octanol–water partition coefficient (Wildman–Crippen LogP) is 2.70. The number of benzene rings is 1. The zero-order valence-electron chi connectivity index (χ0n) is 8.46. The summed E-state index contributed by atoms with van der Waals surface area (Å²) in [5.74, 6) is 0. The molecule has 0 aliphatic carbocycles. The van der Waals surface area contributed by atoms with Gasteiger partial charge in [-0.1, -0.05) is 29.8 Å². The predicted molar refractivity (Wildman–Crippen MR) is 55.8 cm³/mol. The fraction of sp³-hybridized carbons (Fsp3) is 0.500. The molecule has 0 radical (unpaired) electrons. The highest BCUT2D eigenvalue weighted by molar-refractivity contribution is 5.21. The van der Waals surface area contributed by atoms with Gasteiger partial charge in [-0.05, 0) is 38.7 Å². The molecule has 0 bridgehead atoms. The van der Waals surface area contributed by atoms with Crippen LogP contribution in [-0.4, -0.2) is 11.2 Å². The maximum absolute atomic E-state index is 9.07. The third kappa shape index (κ3) is 4.09. The van der Waals surface area contributed by atoms with Crippen molar-refractivity contribution in [2.45, 2.75) is 39.2 Å². The first-order valence-electron chi connectivity index (χ1n) is 4.92. The van der Waals surface area contributed by atoms with Crippen LogP contribution in [-0.2, 0) is 6.42 Å². The van der Waals surface area contributed by atoms with Gasteiger partial charge in [0.05, 0.1) is 6.10 Å². The zero-order chi connectivity index (χ0) is 9.68. The van der Waals surface area contributed by atoms with Crippen LogP contribution in [0.15, 0.2) is 24.3 Å². The van der Waals surface area contributed by atoms with Crippen molar-refractivity contribution in [3.8, 4) is 0 Å². The molecule has 0 saturated heterocycles. The van der Waals surface area contributed by atoms with Crippen molar-refractivity contribution >= 4 is 0 Å². The lowest BCUT2D eigenvalue weighted by atomic mass is 10.1. The van der Waals surface area contributed by atoms with Crippen LogP contribution in [0.1, 0.15) is 30.9 Å². The Hall–Kier alpha value is -0.820. The van der Waals surface area contributed by atoms with Gasteiger partial charge in [0, 0.05) is 0 Å². The van der Waals surface area contributed by atoms with Crippen LogP contribution in [0, 0.1) is 6.92 Å². The van der Waals surface area contributed by atoms with E-state index < -0.39 is 0 Å². The van der Waals surface area contributed by atoms with E-state index in [1.54, 1.807) is 0 Å². The number of hydrogen-bond donors (Lipinski definition) is 1. The lowest BCUT2D eigenvalue weighted by Gasteiger charge is -2.04. The van der Waals surface area contributed by atoms with Gasteiger partial charge >= 0.3 is 0 Å². The monoisotopic (exact) mass is 178 g/mol. The van der Waals surface area contributed by atoms with Gasteiger partial charge in [0.15, 0.2) is 0 Å². The Balaban J connectivity index is 2.33. The van der Waals surface area contributed by atoms with Crippen LogP contribution in [0.2, 0.25) is 0 Å². The van der Waals surface area contributed by atoms with E-state index in [4.69, 9.17) is 5.11 Å². The molecule has 1 rings (SSSR count). The van der Waals surface area contributed by atoms with Gasteiger partial charge in [-0.3, -0.25) is 0 Å². The average molecular weight is 178 g/mol. The smallest absolute Gasteiger partial charge is 0.0512 e. The summed E-state index contributed by atoms with van der Waals surface area (Å²) >= 11 is 0. The van der Waals surface area contributed by atoms with Crippen LogP contribution in [0.5, 0.6) is 0 Å². The molecule has 0 spiro atoms. The largest absolute Gasteiger partial charge is 0.393 e. The van der Waals surface area contributed by atoms with Crippen LogP contribution < -0.4 is 0 Å². The van der Waals surface area contributed by atoms with E-state index in [2.05, 4.69) is 31.2 Å². The summed E-state index contributed by atoms with van der Waals surface area (Å²) in [7, 11) is 0. The van der Waals surface area contributed by atoms with Gasteiger partial charge in [0.2, 0.25) is 0 Å². The highest BCUT2D eigenvalue weighted by Crippen LogP contribution is 2.08. The number of hydrogen-bond acceptors (Lipinski definition) is 1. The Morgan fingerprint density at radius 3 is 2.38 bits per heavy atom. The van der Waals surface area contributed by atoms with E-state index in [0.717, 1.165) is 19.3 Å². The van der Waals surface area contributed by atoms with E-state index in [0.29, 0.717) is 0 Å². The summed E-state index contributed by atoms with van der Waals surface area (Å²) in [5.41, 5.74) is 2.67. The van der Waals surface area contributed by atoms with Gasteiger partial charge < -0.3 is 5.11 Å². The summed E-state index contributed by atoms with van der Waals surface area (Å²) in [6, 6.07) is 8.60. The number of aliphatic hydroxyl groups is 1. The first-order valence-corrected chi connectivity index (χ1v) is 4.92. The topological polar surface area (TPSA) is 20.2 Å². The zero-order valence-corrected chi connectivity index (χ0v) is 8.46. The Kier molecular flexibility index (Phi) is 3.97. The van der Waals surface area contributed by atoms with Crippen molar-refractivity contribution in [2.24, 2.45) is 0 Å². The van der Waals surface area contributed by atoms with Crippen LogP contribution in [0.25, 0.3) is 0 Å². The summed E-state index contributed by atoms with van der Waals surface area (Å²) in [6.07, 6.45) is 2.88. The van der Waals surface area contributed by atoms with Crippen molar-refractivity contribution in [3.05, 3.63) is 35.4 Å². The van der Waals surface area contributed by atoms with Crippen molar-refractivity contribution in [3.63, 3.8) is 0 Å². The Bertz CT molecular complexity index is 236. The van der Waals surface area contributed by atoms with Crippen LogP contribution in [0.4, 0.5) is 0 Å². The number of rotatable bonds is 4. The molecule has 0 saturated carbocycles. The first-order chi connectivity index (χ1) is 6.18. The summed E-state index contributed by atoms with van der Waals surface area (Å²) in [6.45, 7) is 3.94. The molecule has 0 fully saturated rings. The van der Waals surface area contributed by atoms with Crippen molar-refractivity contribution in [1.29, 1.82) is 0 Å². The minimum absolute atomic E-state index is 0.162. The van der Waals surface area contributed by atoms with Gasteiger partial charge in [-0.25, -0.2) is 0 Å². The summed E-state index contributed by atoms with van der Waals surface area (Å²) in [5, 5.41) is 9.07.